The maximum atomic E-state index is 11.0. The number of hydrogen-bond donors (Lipinski definition) is 1. The minimum Gasteiger partial charge on any atom is -0.356 e. The Morgan fingerprint density at radius 1 is 1.45 bits per heavy atom. The van der Waals surface area contributed by atoms with E-state index < -0.39 is 0 Å². The highest BCUT2D eigenvalue weighted by molar-refractivity contribution is 5.72. The molecule has 1 aliphatic heterocycles. The first-order valence-corrected chi connectivity index (χ1v) is 8.41. The maximum Gasteiger partial charge on any atom is 0.243 e. The van der Waals surface area contributed by atoms with Crippen LogP contribution < -0.4 is 5.32 Å². The Morgan fingerprint density at radius 3 is 2.82 bits per heavy atom. The molecule has 1 aromatic heterocycles. The molecular weight excluding hydrogens is 280 g/mol. The van der Waals surface area contributed by atoms with E-state index in [-0.39, 0.29) is 11.9 Å². The number of aromatic nitrogens is 2. The fraction of sp³-hybridized carbons (Fsp3) is 0.812. The Kier molecular flexibility index (Phi) is 6.36. The van der Waals surface area contributed by atoms with E-state index in [1.165, 1.54) is 0 Å². The molecule has 2 heterocycles. The van der Waals surface area contributed by atoms with Gasteiger partial charge in [0.2, 0.25) is 11.8 Å². The van der Waals surface area contributed by atoms with Gasteiger partial charge in [0.25, 0.3) is 0 Å². The normalized spacial score (nSPS) is 18.3. The maximum absolute atomic E-state index is 11.0. The summed E-state index contributed by atoms with van der Waals surface area (Å²) in [5, 5.41) is 6.99. The Balaban J connectivity index is 1.80. The molecule has 6 heteroatoms. The van der Waals surface area contributed by atoms with Crippen molar-refractivity contribution in [3.63, 3.8) is 0 Å². The lowest BCUT2D eigenvalue weighted by Gasteiger charge is -2.34. The largest absolute Gasteiger partial charge is 0.356 e. The second-order valence-corrected chi connectivity index (χ2v) is 6.24. The fourth-order valence-electron chi connectivity index (χ4n) is 2.86. The quantitative estimate of drug-likeness (QED) is 0.837. The second-order valence-electron chi connectivity index (χ2n) is 6.24. The lowest BCUT2D eigenvalue weighted by atomic mass is 9.96. The van der Waals surface area contributed by atoms with Gasteiger partial charge in [-0.2, -0.15) is 4.98 Å². The smallest absolute Gasteiger partial charge is 0.243 e. The van der Waals surface area contributed by atoms with Crippen LogP contribution in [0.3, 0.4) is 0 Å². The van der Waals surface area contributed by atoms with Crippen LogP contribution >= 0.6 is 0 Å². The summed E-state index contributed by atoms with van der Waals surface area (Å²) in [4.78, 5) is 17.9. The van der Waals surface area contributed by atoms with Gasteiger partial charge in [-0.15, -0.1) is 0 Å². The number of carbonyl (C=O) groups is 1. The van der Waals surface area contributed by atoms with Crippen molar-refractivity contribution in [3.8, 4) is 0 Å². The predicted molar refractivity (Wildman–Crippen MR) is 84.3 cm³/mol. The third-order valence-corrected chi connectivity index (χ3v) is 4.43. The monoisotopic (exact) mass is 308 g/mol. The molecule has 1 N–H and O–H groups in total. The molecule has 0 spiro atoms. The Hall–Kier alpha value is -1.43. The summed E-state index contributed by atoms with van der Waals surface area (Å²) in [5.41, 5.74) is 0. The van der Waals surface area contributed by atoms with E-state index in [1.54, 1.807) is 6.92 Å². The summed E-state index contributed by atoms with van der Waals surface area (Å²) < 4.78 is 5.42. The molecule has 2 rings (SSSR count). The highest BCUT2D eigenvalue weighted by atomic mass is 16.5. The Bertz CT molecular complexity index is 466. The summed E-state index contributed by atoms with van der Waals surface area (Å²) in [6, 6.07) is 0.171. The van der Waals surface area contributed by atoms with Crippen molar-refractivity contribution in [1.82, 2.24) is 20.4 Å². The molecule has 0 aromatic carbocycles. The summed E-state index contributed by atoms with van der Waals surface area (Å²) in [6.07, 6.45) is 5.33. The highest BCUT2D eigenvalue weighted by Gasteiger charge is 2.26. The molecule has 1 unspecified atom stereocenters. The van der Waals surface area contributed by atoms with Gasteiger partial charge >= 0.3 is 0 Å². The van der Waals surface area contributed by atoms with Crippen LogP contribution in [-0.4, -0.2) is 40.6 Å². The van der Waals surface area contributed by atoms with Crippen molar-refractivity contribution in [1.29, 1.82) is 0 Å². The third kappa shape index (κ3) is 4.80. The number of rotatable bonds is 7. The molecule has 1 saturated heterocycles. The first-order chi connectivity index (χ1) is 10.6. The van der Waals surface area contributed by atoms with Gasteiger partial charge in [0.1, 0.15) is 0 Å². The molecule has 0 bridgehead atoms. The number of unbranched alkanes of at least 4 members (excludes halogenated alkanes) is 1. The van der Waals surface area contributed by atoms with Crippen LogP contribution in [0.5, 0.6) is 0 Å². The molecule has 1 atom stereocenters. The van der Waals surface area contributed by atoms with Crippen LogP contribution in [0.2, 0.25) is 0 Å². The number of carbonyl (C=O) groups excluding carboxylic acids is 1. The first kappa shape index (κ1) is 16.9. The van der Waals surface area contributed by atoms with Crippen LogP contribution in [0.25, 0.3) is 0 Å². The number of nitrogens with one attached hydrogen (secondary N) is 1. The zero-order valence-corrected chi connectivity index (χ0v) is 14.0. The van der Waals surface area contributed by atoms with Crippen LogP contribution in [0, 0.1) is 5.92 Å². The van der Waals surface area contributed by atoms with Crippen LogP contribution in [-0.2, 0) is 11.2 Å². The van der Waals surface area contributed by atoms with E-state index >= 15 is 0 Å². The van der Waals surface area contributed by atoms with E-state index in [4.69, 9.17) is 4.52 Å². The molecule has 0 radical (unpaired) electrons. The van der Waals surface area contributed by atoms with Crippen molar-refractivity contribution in [2.75, 3.05) is 19.6 Å². The molecule has 1 aliphatic rings. The molecular formula is C16H28N4O2. The predicted octanol–water partition coefficient (Wildman–Crippen LogP) is 2.32. The van der Waals surface area contributed by atoms with Crippen molar-refractivity contribution in [2.45, 2.75) is 58.9 Å². The van der Waals surface area contributed by atoms with E-state index in [2.05, 4.69) is 34.2 Å². The lowest BCUT2D eigenvalue weighted by molar-refractivity contribution is -0.119. The second kappa shape index (κ2) is 8.27. The number of hydrogen-bond acceptors (Lipinski definition) is 5. The molecule has 1 amide bonds. The summed E-state index contributed by atoms with van der Waals surface area (Å²) in [7, 11) is 0. The summed E-state index contributed by atoms with van der Waals surface area (Å²) >= 11 is 0. The first-order valence-electron chi connectivity index (χ1n) is 8.41. The average Bonchev–Trinajstić information content (AvgIpc) is 2.99. The van der Waals surface area contributed by atoms with Gasteiger partial charge in [-0.25, -0.2) is 0 Å². The standard InChI is InChI=1S/C16H28N4O2/c1-4-5-6-15-18-16(22-19-15)12(2)20-9-7-14(8-10-20)11-17-13(3)21/h12,14H,4-11H2,1-3H3,(H,17,21). The minimum atomic E-state index is 0.0567. The summed E-state index contributed by atoms with van der Waals surface area (Å²) in [5.74, 6) is 2.19. The van der Waals surface area contributed by atoms with E-state index in [0.29, 0.717) is 5.92 Å². The van der Waals surface area contributed by atoms with Gasteiger partial charge in [0, 0.05) is 19.9 Å². The van der Waals surface area contributed by atoms with Gasteiger partial charge in [-0.1, -0.05) is 18.5 Å². The third-order valence-electron chi connectivity index (χ3n) is 4.43. The highest BCUT2D eigenvalue weighted by Crippen LogP contribution is 2.25. The Labute approximate surface area is 132 Å². The topological polar surface area (TPSA) is 71.3 Å². The van der Waals surface area contributed by atoms with Crippen molar-refractivity contribution >= 4 is 5.91 Å². The average molecular weight is 308 g/mol. The van der Waals surface area contributed by atoms with Crippen molar-refractivity contribution < 1.29 is 9.32 Å². The van der Waals surface area contributed by atoms with Crippen LogP contribution in [0.1, 0.15) is 64.2 Å². The molecule has 124 valence electrons. The SMILES string of the molecule is CCCCc1noc(C(C)N2CCC(CNC(C)=O)CC2)n1. The van der Waals surface area contributed by atoms with Gasteiger partial charge in [0.15, 0.2) is 5.82 Å². The van der Waals surface area contributed by atoms with Gasteiger partial charge in [0.05, 0.1) is 6.04 Å². The van der Waals surface area contributed by atoms with Crippen molar-refractivity contribution in [3.05, 3.63) is 11.7 Å². The number of amides is 1. The zero-order chi connectivity index (χ0) is 15.9. The molecule has 0 aliphatic carbocycles. The molecule has 6 nitrogen and oxygen atoms in total. The lowest BCUT2D eigenvalue weighted by Crippen LogP contribution is -2.39. The number of likely N-dealkylation sites (tertiary alicyclic amines) is 1. The minimum absolute atomic E-state index is 0.0567. The molecule has 1 aromatic rings. The molecule has 22 heavy (non-hydrogen) atoms. The van der Waals surface area contributed by atoms with Gasteiger partial charge in [-0.05, 0) is 45.2 Å². The van der Waals surface area contributed by atoms with E-state index in [0.717, 1.165) is 63.5 Å². The van der Waals surface area contributed by atoms with Crippen LogP contribution in [0.15, 0.2) is 4.52 Å². The molecule has 1 fully saturated rings. The summed E-state index contributed by atoms with van der Waals surface area (Å²) in [6.45, 7) is 8.68. The zero-order valence-electron chi connectivity index (χ0n) is 14.0. The van der Waals surface area contributed by atoms with Gasteiger partial charge < -0.3 is 9.84 Å². The molecule has 0 saturated carbocycles. The van der Waals surface area contributed by atoms with Gasteiger partial charge in [-0.3, -0.25) is 9.69 Å². The number of piperidine rings is 1. The van der Waals surface area contributed by atoms with Crippen molar-refractivity contribution in [2.24, 2.45) is 5.92 Å². The number of aryl methyl sites for hydroxylation is 1. The van der Waals surface area contributed by atoms with E-state index in [9.17, 15) is 4.79 Å². The van der Waals surface area contributed by atoms with Crippen LogP contribution in [0.4, 0.5) is 0 Å². The Morgan fingerprint density at radius 2 is 2.18 bits per heavy atom. The van der Waals surface area contributed by atoms with E-state index in [1.807, 2.05) is 0 Å². The number of nitrogens with zero attached hydrogens (tertiary/aromatic N) is 3. The fourth-order valence-corrected chi connectivity index (χ4v) is 2.86.